The van der Waals surface area contributed by atoms with Crippen molar-refractivity contribution in [2.24, 2.45) is 0 Å². The summed E-state index contributed by atoms with van der Waals surface area (Å²) in [4.78, 5) is 50.8. The maximum absolute atomic E-state index is 14.0. The van der Waals surface area contributed by atoms with Gasteiger partial charge in [-0.25, -0.2) is 9.59 Å². The Labute approximate surface area is 352 Å². The highest BCUT2D eigenvalue weighted by molar-refractivity contribution is 5.91. The number of phenols is 5. The molecule has 2 aliphatic rings. The molecule has 12 N–H and O–H groups in total. The van der Waals surface area contributed by atoms with Gasteiger partial charge in [0, 0.05) is 23.8 Å². The molecule has 11 atom stereocenters. The first kappa shape index (κ1) is 45.8. The van der Waals surface area contributed by atoms with E-state index in [0.717, 1.165) is 48.6 Å². The largest absolute Gasteiger partial charge is 0.507 e. The molecule has 1 unspecified atom stereocenters. The number of hydrogen-bond acceptors (Lipinski definition) is 22. The Morgan fingerprint density at radius 3 is 2.02 bits per heavy atom. The van der Waals surface area contributed by atoms with E-state index in [1.807, 2.05) is 0 Å². The quantitative estimate of drug-likeness (QED) is 0.0436. The summed E-state index contributed by atoms with van der Waals surface area (Å²) >= 11 is 0. The number of rotatable bonds is 13. The third kappa shape index (κ3) is 10.0. The molecule has 0 bridgehead atoms. The molecule has 6 rings (SSSR count). The van der Waals surface area contributed by atoms with Crippen LogP contribution in [0.3, 0.4) is 0 Å². The molecule has 0 amide bonds. The summed E-state index contributed by atoms with van der Waals surface area (Å²) < 4.78 is 38.3. The summed E-state index contributed by atoms with van der Waals surface area (Å²) in [7, 11) is 0. The van der Waals surface area contributed by atoms with Gasteiger partial charge in [0.2, 0.25) is 29.9 Å². The zero-order chi connectivity index (χ0) is 46.0. The number of aliphatic carboxylic acids is 1. The standard InChI is InChI=1S/C40H40O23/c1-14-29(49)32(52)34(54)39(58-14)63-37-31(51)28-22(45)10-17(11-23(28)61-36(37)16-4-6-19(42)21(44)9-16)59-40-35(55)33(53)30(50)25(62-40)13-57-38(56)24(12-26(46)47)60-27(48)7-3-15-2-5-18(41)20(43)8-15/h2-11,14,24-25,29-30,32-35,39-45,49-50,52-55H,12-13H2,1H3,(H,46,47)/b7-3+/t14-,24?,25+,29-,30+,32+,33-,34+,35+,39-,40+/m0/s1. The number of carbonyl (C=O) groups is 3. The minimum absolute atomic E-state index is 0.114. The highest BCUT2D eigenvalue weighted by atomic mass is 16.7. The minimum Gasteiger partial charge on any atom is -0.507 e. The average Bonchev–Trinajstić information content (AvgIpc) is 3.23. The molecule has 4 aromatic rings. The van der Waals surface area contributed by atoms with E-state index in [0.29, 0.717) is 0 Å². The Bertz CT molecular complexity index is 2450. The Kier molecular flexibility index (Phi) is 13.6. The van der Waals surface area contributed by atoms with E-state index in [9.17, 15) is 80.5 Å². The fourth-order valence-corrected chi connectivity index (χ4v) is 6.38. The predicted molar refractivity (Wildman–Crippen MR) is 205 cm³/mol. The maximum atomic E-state index is 14.0. The third-order valence-electron chi connectivity index (χ3n) is 9.79. The number of ether oxygens (including phenoxy) is 6. The first-order valence-corrected chi connectivity index (χ1v) is 18.6. The molecule has 338 valence electrons. The van der Waals surface area contributed by atoms with Crippen LogP contribution in [0.4, 0.5) is 0 Å². The number of carboxylic acids is 1. The van der Waals surface area contributed by atoms with Gasteiger partial charge in [0.15, 0.2) is 28.8 Å². The molecular weight excluding hydrogens is 848 g/mol. The Morgan fingerprint density at radius 2 is 1.37 bits per heavy atom. The number of aromatic hydroxyl groups is 5. The lowest BCUT2D eigenvalue weighted by molar-refractivity contribution is -0.279. The van der Waals surface area contributed by atoms with Gasteiger partial charge in [-0.15, -0.1) is 0 Å². The number of carbonyl (C=O) groups excluding carboxylic acids is 2. The highest BCUT2D eigenvalue weighted by Crippen LogP contribution is 2.40. The molecule has 23 nitrogen and oxygen atoms in total. The van der Waals surface area contributed by atoms with Crippen LogP contribution in [0, 0.1) is 0 Å². The van der Waals surface area contributed by atoms with E-state index in [4.69, 9.17) is 32.8 Å². The smallest absolute Gasteiger partial charge is 0.348 e. The van der Waals surface area contributed by atoms with Crippen LogP contribution >= 0.6 is 0 Å². The lowest BCUT2D eigenvalue weighted by Gasteiger charge is -2.40. The van der Waals surface area contributed by atoms with Gasteiger partial charge < -0.3 is 94.1 Å². The monoisotopic (exact) mass is 888 g/mol. The van der Waals surface area contributed by atoms with Gasteiger partial charge >= 0.3 is 17.9 Å². The Balaban J connectivity index is 1.22. The number of hydrogen-bond donors (Lipinski definition) is 12. The van der Waals surface area contributed by atoms with E-state index < -0.39 is 161 Å². The fourth-order valence-electron chi connectivity index (χ4n) is 6.38. The molecule has 2 aliphatic heterocycles. The van der Waals surface area contributed by atoms with E-state index in [-0.39, 0.29) is 11.1 Å². The molecular formula is C40H40O23. The first-order chi connectivity index (χ1) is 29.7. The predicted octanol–water partition coefficient (Wildman–Crippen LogP) is -0.976. The second-order valence-corrected chi connectivity index (χ2v) is 14.3. The van der Waals surface area contributed by atoms with Crippen LogP contribution < -0.4 is 14.9 Å². The summed E-state index contributed by atoms with van der Waals surface area (Å²) in [6, 6.07) is 8.58. The molecule has 1 aromatic heterocycles. The molecule has 0 saturated carbocycles. The van der Waals surface area contributed by atoms with Crippen LogP contribution in [0.1, 0.15) is 18.9 Å². The second-order valence-electron chi connectivity index (χ2n) is 14.3. The van der Waals surface area contributed by atoms with Crippen LogP contribution in [0.5, 0.6) is 40.2 Å². The van der Waals surface area contributed by atoms with Crippen molar-refractivity contribution in [1.82, 2.24) is 0 Å². The Hall–Kier alpha value is -6.70. The van der Waals surface area contributed by atoms with Crippen molar-refractivity contribution < 1.29 is 109 Å². The molecule has 0 radical (unpaired) electrons. The zero-order valence-electron chi connectivity index (χ0n) is 32.4. The van der Waals surface area contributed by atoms with Crippen LogP contribution in [-0.4, -0.2) is 153 Å². The van der Waals surface area contributed by atoms with E-state index in [1.165, 1.54) is 19.1 Å². The first-order valence-electron chi connectivity index (χ1n) is 18.6. The van der Waals surface area contributed by atoms with Gasteiger partial charge in [0.25, 0.3) is 0 Å². The zero-order valence-corrected chi connectivity index (χ0v) is 32.4. The number of benzene rings is 3. The summed E-state index contributed by atoms with van der Waals surface area (Å²) in [6.07, 6.45) is -19.0. The van der Waals surface area contributed by atoms with Crippen molar-refractivity contribution in [1.29, 1.82) is 0 Å². The molecule has 0 spiro atoms. The third-order valence-corrected chi connectivity index (χ3v) is 9.79. The summed E-state index contributed by atoms with van der Waals surface area (Å²) in [5, 5.41) is 122. The van der Waals surface area contributed by atoms with Crippen molar-refractivity contribution in [3.8, 4) is 51.6 Å². The molecule has 23 heteroatoms. The van der Waals surface area contributed by atoms with Gasteiger partial charge in [-0.3, -0.25) is 9.59 Å². The minimum atomic E-state index is -2.05. The average molecular weight is 889 g/mol. The molecule has 0 aliphatic carbocycles. The van der Waals surface area contributed by atoms with Gasteiger partial charge in [-0.2, -0.15) is 0 Å². The van der Waals surface area contributed by atoms with Crippen molar-refractivity contribution in [2.45, 2.75) is 80.9 Å². The van der Waals surface area contributed by atoms with Crippen LogP contribution in [0.2, 0.25) is 0 Å². The summed E-state index contributed by atoms with van der Waals surface area (Å²) in [5.74, 6) is -8.90. The topological polar surface area (TPSA) is 380 Å². The highest BCUT2D eigenvalue weighted by Gasteiger charge is 2.47. The lowest BCUT2D eigenvalue weighted by Crippen LogP contribution is -2.60. The van der Waals surface area contributed by atoms with Crippen LogP contribution in [0.25, 0.3) is 28.4 Å². The Morgan fingerprint density at radius 1 is 0.730 bits per heavy atom. The number of fused-ring (bicyclic) bond motifs is 1. The normalized spacial score (nSPS) is 26.5. The van der Waals surface area contributed by atoms with Gasteiger partial charge in [-0.05, 0) is 48.9 Å². The molecule has 3 heterocycles. The van der Waals surface area contributed by atoms with E-state index in [2.05, 4.69) is 0 Å². The number of carboxylic acid groups (broad SMARTS) is 1. The number of aliphatic hydroxyl groups is 6. The number of aliphatic hydroxyl groups excluding tert-OH is 6. The number of esters is 2. The van der Waals surface area contributed by atoms with Crippen molar-refractivity contribution in [2.75, 3.05) is 6.61 Å². The second kappa shape index (κ2) is 18.7. The molecule has 3 aromatic carbocycles. The van der Waals surface area contributed by atoms with Crippen LogP contribution in [-0.2, 0) is 33.3 Å². The van der Waals surface area contributed by atoms with E-state index >= 15 is 0 Å². The maximum Gasteiger partial charge on any atom is 0.348 e. The van der Waals surface area contributed by atoms with Crippen molar-refractivity contribution in [3.63, 3.8) is 0 Å². The molecule has 2 saturated heterocycles. The van der Waals surface area contributed by atoms with Gasteiger partial charge in [-0.1, -0.05) is 6.07 Å². The van der Waals surface area contributed by atoms with Crippen LogP contribution in [0.15, 0.2) is 63.8 Å². The van der Waals surface area contributed by atoms with Gasteiger partial charge in [0.05, 0.1) is 12.5 Å². The SMILES string of the molecule is C[C@@H]1O[C@@H](Oc2c(-c3ccc(O)c(O)c3)oc3cc(O[C@@H]4O[C@H](COC(=O)C(CC(=O)O)OC(=O)/C=C/c5ccc(O)c(O)c5)[C@@H](O)[C@H](O)[C@H]4O)cc(O)c3c2=O)[C@H](O)[C@H](O)[C@H]1O. The summed E-state index contributed by atoms with van der Waals surface area (Å²) in [6.45, 7) is 0.401. The number of phenolic OH excluding ortho intramolecular Hbond substituents is 5. The van der Waals surface area contributed by atoms with Crippen molar-refractivity contribution in [3.05, 3.63) is 70.4 Å². The molecule has 2 fully saturated rings. The molecule has 63 heavy (non-hydrogen) atoms. The van der Waals surface area contributed by atoms with E-state index in [1.54, 1.807) is 0 Å². The fraction of sp³-hybridized carbons (Fsp3) is 0.350. The van der Waals surface area contributed by atoms with Crippen molar-refractivity contribution >= 4 is 35.0 Å². The summed E-state index contributed by atoms with van der Waals surface area (Å²) in [5.41, 5.74) is -1.46. The lowest BCUT2D eigenvalue weighted by atomic mass is 9.99. The van der Waals surface area contributed by atoms with Gasteiger partial charge in [0.1, 0.15) is 71.8 Å².